The van der Waals surface area contributed by atoms with Gasteiger partial charge in [-0.15, -0.1) is 22.9 Å². The molecule has 0 aliphatic carbocycles. The Bertz CT molecular complexity index is 515. The van der Waals surface area contributed by atoms with E-state index in [-0.39, 0.29) is 0 Å². The Kier molecular flexibility index (Phi) is 7.95. The fourth-order valence-electron chi connectivity index (χ4n) is 2.63. The Morgan fingerprint density at radius 2 is 1.58 bits per heavy atom. The van der Waals surface area contributed by atoms with Crippen molar-refractivity contribution in [2.75, 3.05) is 0 Å². The fourth-order valence-corrected chi connectivity index (χ4v) is 2.63. The van der Waals surface area contributed by atoms with Gasteiger partial charge in [0.2, 0.25) is 0 Å². The van der Waals surface area contributed by atoms with Crippen LogP contribution in [0.5, 0.6) is 0 Å². The van der Waals surface area contributed by atoms with Crippen LogP contribution in [0.2, 0.25) is 0 Å². The Morgan fingerprint density at radius 1 is 1.00 bits per heavy atom. The normalized spacial score (nSPS) is 10.2. The molecule has 4 heteroatoms. The first-order valence-corrected chi connectivity index (χ1v) is 13.0. The first-order chi connectivity index (χ1) is 9.04. The molecule has 19 heavy (non-hydrogen) atoms. The summed E-state index contributed by atoms with van der Waals surface area (Å²) in [5, 5.41) is 2.88. The third kappa shape index (κ3) is 4.72. The van der Waals surface area contributed by atoms with Crippen molar-refractivity contribution in [3.05, 3.63) is 41.0 Å². The molecule has 2 aromatic rings. The van der Waals surface area contributed by atoms with E-state index in [4.69, 9.17) is 27.9 Å². The molecule has 0 aliphatic heterocycles. The molecule has 0 radical (unpaired) electrons. The van der Waals surface area contributed by atoms with Gasteiger partial charge in [-0.25, -0.2) is 0 Å². The Morgan fingerprint density at radius 3 is 2.05 bits per heavy atom. The first-order valence-electron chi connectivity index (χ1n) is 6.57. The van der Waals surface area contributed by atoms with Crippen LogP contribution >= 0.6 is 27.9 Å². The second kappa shape index (κ2) is 8.65. The summed E-state index contributed by atoms with van der Waals surface area (Å²) in [5.74, 6) is 0. The van der Waals surface area contributed by atoms with Gasteiger partial charge in [0, 0.05) is 0 Å². The van der Waals surface area contributed by atoms with Crippen LogP contribution in [0.1, 0.15) is 37.5 Å². The summed E-state index contributed by atoms with van der Waals surface area (Å²) < 4.78 is 0. The second-order valence-corrected chi connectivity index (χ2v) is 12.0. The van der Waals surface area contributed by atoms with E-state index in [0.717, 1.165) is 19.3 Å². The van der Waals surface area contributed by atoms with E-state index < -0.39 is 14.7 Å². The molecule has 0 atom stereocenters. The van der Waals surface area contributed by atoms with Crippen molar-refractivity contribution in [1.82, 2.24) is 0 Å². The quantitative estimate of drug-likeness (QED) is 0.448. The fraction of sp³-hybridized carbons (Fsp3) is 0.400. The molecule has 0 saturated heterocycles. The Balaban J connectivity index is 0.000000399. The van der Waals surface area contributed by atoms with Crippen LogP contribution in [-0.2, 0) is 34.0 Å². The van der Waals surface area contributed by atoms with Crippen molar-refractivity contribution in [3.63, 3.8) is 0 Å². The molecule has 0 unspecified atom stereocenters. The number of benzene rings is 1. The van der Waals surface area contributed by atoms with Crippen LogP contribution in [0.15, 0.2) is 24.3 Å². The molecule has 0 fully saturated rings. The van der Waals surface area contributed by atoms with Gasteiger partial charge < -0.3 is 0 Å². The van der Waals surface area contributed by atoms with Crippen LogP contribution in [0, 0.1) is 0 Å². The van der Waals surface area contributed by atoms with Gasteiger partial charge in [0.05, 0.1) is 0 Å². The van der Waals surface area contributed by atoms with Gasteiger partial charge in [0.1, 0.15) is 0 Å². The molecule has 0 spiro atoms. The molecule has 0 bridgehead atoms. The summed E-state index contributed by atoms with van der Waals surface area (Å²) in [6, 6.07) is 9.02. The maximum absolute atomic E-state index is 4.97. The first kappa shape index (κ1) is 17.5. The van der Waals surface area contributed by atoms with Gasteiger partial charge in [-0.2, -0.15) is 12.1 Å². The van der Waals surface area contributed by atoms with Gasteiger partial charge in [-0.1, -0.05) is 37.5 Å². The zero-order valence-electron chi connectivity index (χ0n) is 11.6. The summed E-state index contributed by atoms with van der Waals surface area (Å²) in [7, 11) is 14.9. The van der Waals surface area contributed by atoms with E-state index in [2.05, 4.69) is 45.0 Å². The monoisotopic (exact) mass is 352 g/mol. The average molecular weight is 354 g/mol. The zero-order chi connectivity index (χ0) is 14.4. The minimum atomic E-state index is -1.92. The van der Waals surface area contributed by atoms with Crippen molar-refractivity contribution < 1.29 is 14.7 Å². The molecular formula is C15H19Cl3Ti. The molecule has 0 nitrogen and oxygen atoms in total. The summed E-state index contributed by atoms with van der Waals surface area (Å²) in [6.07, 6.45) is 3.46. The van der Waals surface area contributed by atoms with Gasteiger partial charge in [-0.3, -0.25) is 0 Å². The maximum atomic E-state index is 4.97. The summed E-state index contributed by atoms with van der Waals surface area (Å²) in [6.45, 7) is 6.78. The molecule has 0 amide bonds. The summed E-state index contributed by atoms with van der Waals surface area (Å²) in [4.78, 5) is 0. The molecule has 0 aliphatic rings. The molecule has 104 valence electrons. The molecule has 2 aromatic carbocycles. The molecule has 0 aromatic heterocycles. The van der Waals surface area contributed by atoms with Crippen molar-refractivity contribution in [3.8, 4) is 0 Å². The number of rotatable bonds is 3. The summed E-state index contributed by atoms with van der Waals surface area (Å²) in [5.41, 5.74) is 4.68. The number of hydrogen-bond acceptors (Lipinski definition) is 0. The van der Waals surface area contributed by atoms with Gasteiger partial charge in [0.15, 0.2) is 0 Å². The molecule has 0 N–H and O–H groups in total. The van der Waals surface area contributed by atoms with Gasteiger partial charge >= 0.3 is 42.6 Å². The standard InChI is InChI=1S/C15H19.3ClH.Ti/c1-4-11-10-12-8-7-9-15(12)14(6-3)13(11)5-2;;;;/h7-10H,4-6H2,1-3H3;3*1H;/q-1;;;;+4/p-3. The van der Waals surface area contributed by atoms with Gasteiger partial charge in [-0.05, 0) is 19.3 Å². The van der Waals surface area contributed by atoms with Crippen molar-refractivity contribution in [1.29, 1.82) is 0 Å². The van der Waals surface area contributed by atoms with Crippen LogP contribution in [0.25, 0.3) is 10.8 Å². The van der Waals surface area contributed by atoms with Crippen LogP contribution in [0.4, 0.5) is 0 Å². The van der Waals surface area contributed by atoms with Crippen molar-refractivity contribution in [2.45, 2.75) is 40.0 Å². The topological polar surface area (TPSA) is 0 Å². The van der Waals surface area contributed by atoms with E-state index in [1.54, 1.807) is 11.1 Å². The Labute approximate surface area is 133 Å². The zero-order valence-corrected chi connectivity index (χ0v) is 15.4. The van der Waals surface area contributed by atoms with Crippen molar-refractivity contribution in [2.24, 2.45) is 0 Å². The molecule has 2 rings (SSSR count). The van der Waals surface area contributed by atoms with E-state index in [0.29, 0.717) is 0 Å². The second-order valence-electron chi connectivity index (χ2n) is 4.30. The van der Waals surface area contributed by atoms with Gasteiger partial charge in [0.25, 0.3) is 0 Å². The van der Waals surface area contributed by atoms with E-state index in [1.165, 1.54) is 16.3 Å². The minimum absolute atomic E-state index is 1.15. The van der Waals surface area contributed by atoms with Crippen LogP contribution in [0.3, 0.4) is 0 Å². The SMILES string of the molecule is CCc1cc2[cH-]ccc2c(CC)c1CC.[Cl][Ti+]([Cl])[Cl]. The third-order valence-corrected chi connectivity index (χ3v) is 3.34. The predicted octanol–water partition coefficient (Wildman–Crippen LogP) is 6.31. The number of aryl methyl sites for hydroxylation is 2. The molecule has 0 saturated carbocycles. The van der Waals surface area contributed by atoms with Crippen LogP contribution < -0.4 is 0 Å². The predicted molar refractivity (Wildman–Crippen MR) is 85.2 cm³/mol. The average Bonchev–Trinajstić information content (AvgIpc) is 2.83. The van der Waals surface area contributed by atoms with E-state index in [9.17, 15) is 0 Å². The van der Waals surface area contributed by atoms with Crippen LogP contribution in [-0.4, -0.2) is 0 Å². The summed E-state index contributed by atoms with van der Waals surface area (Å²) >= 11 is -1.92. The number of fused-ring (bicyclic) bond motifs is 1. The number of hydrogen-bond donors (Lipinski definition) is 0. The van der Waals surface area contributed by atoms with E-state index >= 15 is 0 Å². The molecular weight excluding hydrogens is 334 g/mol. The van der Waals surface area contributed by atoms with Crippen molar-refractivity contribution >= 4 is 38.7 Å². The number of halogens is 3. The van der Waals surface area contributed by atoms with E-state index in [1.807, 2.05) is 0 Å². The third-order valence-electron chi connectivity index (χ3n) is 3.34. The Hall–Kier alpha value is 0.414. The molecule has 0 heterocycles.